The van der Waals surface area contributed by atoms with E-state index in [9.17, 15) is 4.79 Å². The zero-order valence-electron chi connectivity index (χ0n) is 12.1. The van der Waals surface area contributed by atoms with Gasteiger partial charge in [-0.15, -0.1) is 0 Å². The van der Waals surface area contributed by atoms with Crippen LogP contribution in [-0.2, 0) is 0 Å². The van der Waals surface area contributed by atoms with Crippen LogP contribution in [0.25, 0.3) is 11.0 Å². The largest absolute Gasteiger partial charge is 0.323 e. The van der Waals surface area contributed by atoms with Crippen LogP contribution >= 0.6 is 15.9 Å². The molecule has 2 fully saturated rings. The van der Waals surface area contributed by atoms with E-state index in [2.05, 4.69) is 44.2 Å². The van der Waals surface area contributed by atoms with Crippen molar-refractivity contribution in [3.63, 3.8) is 0 Å². The summed E-state index contributed by atoms with van der Waals surface area (Å²) in [5.41, 5.74) is 2.89. The Morgan fingerprint density at radius 3 is 2.62 bits per heavy atom. The number of imidazole rings is 1. The molecule has 2 aliphatic rings. The summed E-state index contributed by atoms with van der Waals surface area (Å²) in [4.78, 5) is 17.2. The Morgan fingerprint density at radius 2 is 1.95 bits per heavy atom. The third-order valence-electron chi connectivity index (χ3n) is 5.25. The van der Waals surface area contributed by atoms with Crippen LogP contribution in [0.5, 0.6) is 0 Å². The van der Waals surface area contributed by atoms with Crippen LogP contribution in [0.3, 0.4) is 0 Å². The minimum atomic E-state index is -0.141. The minimum absolute atomic E-state index is 0.141. The molecular formula is C16H20BrN3O. The molecular weight excluding hydrogens is 330 g/mol. The van der Waals surface area contributed by atoms with Crippen molar-refractivity contribution in [1.29, 1.82) is 0 Å². The average molecular weight is 350 g/mol. The molecule has 4 rings (SSSR count). The molecule has 0 amide bonds. The third-order valence-corrected chi connectivity index (χ3v) is 5.94. The van der Waals surface area contributed by atoms with Crippen molar-refractivity contribution in [3.05, 3.63) is 32.7 Å². The Labute approximate surface area is 131 Å². The molecule has 3 N–H and O–H groups in total. The van der Waals surface area contributed by atoms with Crippen LogP contribution in [0.1, 0.15) is 37.8 Å². The molecule has 1 aromatic heterocycles. The van der Waals surface area contributed by atoms with Gasteiger partial charge in [0, 0.05) is 10.5 Å². The second-order valence-electron chi connectivity index (χ2n) is 6.37. The highest BCUT2D eigenvalue weighted by Crippen LogP contribution is 2.62. The standard InChI is InChI=1S/C16H20BrN3O/c1-2-18-15(14-8-4-3-5-9(8)14)10-6-12-13(7-11(10)17)20-16(21)19-12/h6-9,14-15,18H,2-5H2,1H3,(H2,19,20,21). The Balaban J connectivity index is 1.74. The molecule has 2 aliphatic carbocycles. The van der Waals surface area contributed by atoms with Gasteiger partial charge in [0.25, 0.3) is 0 Å². The van der Waals surface area contributed by atoms with E-state index < -0.39 is 0 Å². The van der Waals surface area contributed by atoms with Gasteiger partial charge in [-0.05, 0) is 54.8 Å². The van der Waals surface area contributed by atoms with Crippen LogP contribution < -0.4 is 11.0 Å². The normalized spacial score (nSPS) is 28.8. The molecule has 1 heterocycles. The lowest BCUT2D eigenvalue weighted by Gasteiger charge is -2.22. The number of benzene rings is 1. The van der Waals surface area contributed by atoms with E-state index in [4.69, 9.17) is 0 Å². The van der Waals surface area contributed by atoms with E-state index in [1.807, 2.05) is 6.07 Å². The molecule has 0 bridgehead atoms. The topological polar surface area (TPSA) is 60.7 Å². The number of aromatic amines is 2. The fourth-order valence-electron chi connectivity index (χ4n) is 4.36. The number of halogens is 1. The van der Waals surface area contributed by atoms with Crippen molar-refractivity contribution in [2.75, 3.05) is 6.54 Å². The molecule has 4 nitrogen and oxygen atoms in total. The highest BCUT2D eigenvalue weighted by atomic mass is 79.9. The molecule has 5 heteroatoms. The maximum Gasteiger partial charge on any atom is 0.323 e. The van der Waals surface area contributed by atoms with E-state index in [-0.39, 0.29) is 5.69 Å². The van der Waals surface area contributed by atoms with Gasteiger partial charge in [-0.2, -0.15) is 0 Å². The summed E-state index contributed by atoms with van der Waals surface area (Å²) in [6.07, 6.45) is 4.17. The maximum absolute atomic E-state index is 11.5. The molecule has 0 radical (unpaired) electrons. The lowest BCUT2D eigenvalue weighted by molar-refractivity contribution is 0.425. The summed E-state index contributed by atoms with van der Waals surface area (Å²) in [6, 6.07) is 4.53. The van der Waals surface area contributed by atoms with Crippen molar-refractivity contribution in [3.8, 4) is 0 Å². The molecule has 21 heavy (non-hydrogen) atoms. The van der Waals surface area contributed by atoms with E-state index >= 15 is 0 Å². The third kappa shape index (κ3) is 2.18. The number of hydrogen-bond donors (Lipinski definition) is 3. The lowest BCUT2D eigenvalue weighted by atomic mass is 9.96. The SMILES string of the molecule is CCNC(c1cc2[nH]c(=O)[nH]c2cc1Br)C1C2CCCC21. The Hall–Kier alpha value is -1.07. The van der Waals surface area contributed by atoms with Gasteiger partial charge in [0.15, 0.2) is 0 Å². The summed E-state index contributed by atoms with van der Waals surface area (Å²) in [5.74, 6) is 2.57. The average Bonchev–Trinajstić information content (AvgIpc) is 2.80. The zero-order chi connectivity index (χ0) is 14.6. The summed E-state index contributed by atoms with van der Waals surface area (Å²) < 4.78 is 1.08. The van der Waals surface area contributed by atoms with Crippen molar-refractivity contribution in [2.24, 2.45) is 17.8 Å². The van der Waals surface area contributed by atoms with Crippen molar-refractivity contribution in [1.82, 2.24) is 15.3 Å². The zero-order valence-corrected chi connectivity index (χ0v) is 13.7. The summed E-state index contributed by atoms with van der Waals surface area (Å²) in [6.45, 7) is 3.13. The van der Waals surface area contributed by atoms with Gasteiger partial charge in [-0.3, -0.25) is 0 Å². The predicted octanol–water partition coefficient (Wildman–Crippen LogP) is 3.32. The van der Waals surface area contributed by atoms with E-state index in [1.54, 1.807) is 0 Å². The molecule has 0 aliphatic heterocycles. The number of aromatic nitrogens is 2. The van der Waals surface area contributed by atoms with Gasteiger partial charge in [-0.1, -0.05) is 29.3 Å². The van der Waals surface area contributed by atoms with Crippen LogP contribution in [0.2, 0.25) is 0 Å². The fraction of sp³-hybridized carbons (Fsp3) is 0.562. The first kappa shape index (κ1) is 13.6. The number of fused-ring (bicyclic) bond motifs is 2. The molecule has 2 saturated carbocycles. The predicted molar refractivity (Wildman–Crippen MR) is 87.4 cm³/mol. The van der Waals surface area contributed by atoms with Gasteiger partial charge in [0.05, 0.1) is 11.0 Å². The highest BCUT2D eigenvalue weighted by Gasteiger charge is 2.56. The number of H-pyrrole nitrogens is 2. The van der Waals surface area contributed by atoms with Crippen molar-refractivity contribution >= 4 is 27.0 Å². The quantitative estimate of drug-likeness (QED) is 0.792. The van der Waals surface area contributed by atoms with E-state index in [1.165, 1.54) is 24.8 Å². The van der Waals surface area contributed by atoms with Crippen molar-refractivity contribution in [2.45, 2.75) is 32.2 Å². The maximum atomic E-state index is 11.5. The van der Waals surface area contributed by atoms with Crippen molar-refractivity contribution < 1.29 is 0 Å². The van der Waals surface area contributed by atoms with Gasteiger partial charge >= 0.3 is 5.69 Å². The first-order valence-electron chi connectivity index (χ1n) is 7.84. The molecule has 2 aromatic rings. The monoisotopic (exact) mass is 349 g/mol. The Kier molecular flexibility index (Phi) is 3.23. The van der Waals surface area contributed by atoms with Crippen LogP contribution in [0.4, 0.5) is 0 Å². The summed E-state index contributed by atoms with van der Waals surface area (Å²) in [5, 5.41) is 3.67. The highest BCUT2D eigenvalue weighted by molar-refractivity contribution is 9.10. The summed E-state index contributed by atoms with van der Waals surface area (Å²) >= 11 is 3.70. The molecule has 1 aromatic carbocycles. The lowest BCUT2D eigenvalue weighted by Crippen LogP contribution is -2.24. The molecule has 3 atom stereocenters. The smallest absolute Gasteiger partial charge is 0.310 e. The molecule has 3 unspecified atom stereocenters. The minimum Gasteiger partial charge on any atom is -0.310 e. The van der Waals surface area contributed by atoms with Crippen LogP contribution in [-0.4, -0.2) is 16.5 Å². The molecule has 112 valence electrons. The Bertz CT molecular complexity index is 725. The first-order valence-corrected chi connectivity index (χ1v) is 8.63. The van der Waals surface area contributed by atoms with Gasteiger partial charge in [-0.25, -0.2) is 4.79 Å². The molecule has 0 spiro atoms. The molecule has 0 saturated heterocycles. The number of hydrogen-bond acceptors (Lipinski definition) is 2. The van der Waals surface area contributed by atoms with Gasteiger partial charge in [0.2, 0.25) is 0 Å². The van der Waals surface area contributed by atoms with Gasteiger partial charge < -0.3 is 15.3 Å². The fourth-order valence-corrected chi connectivity index (χ4v) is 4.95. The first-order chi connectivity index (χ1) is 10.2. The number of rotatable bonds is 4. The van der Waals surface area contributed by atoms with Crippen LogP contribution in [0, 0.1) is 17.8 Å². The second kappa shape index (κ2) is 4.99. The number of nitrogens with one attached hydrogen (secondary N) is 3. The van der Waals surface area contributed by atoms with E-state index in [0.29, 0.717) is 6.04 Å². The van der Waals surface area contributed by atoms with Crippen LogP contribution in [0.15, 0.2) is 21.4 Å². The van der Waals surface area contributed by atoms with E-state index in [0.717, 1.165) is 39.8 Å². The Morgan fingerprint density at radius 1 is 1.29 bits per heavy atom. The second-order valence-corrected chi connectivity index (χ2v) is 7.22. The summed E-state index contributed by atoms with van der Waals surface area (Å²) in [7, 11) is 0. The van der Waals surface area contributed by atoms with Gasteiger partial charge in [0.1, 0.15) is 0 Å².